The molecule has 0 saturated carbocycles. The third-order valence-electron chi connectivity index (χ3n) is 2.92. The van der Waals surface area contributed by atoms with Crippen LogP contribution >= 0.6 is 27.5 Å². The number of nitrogens with one attached hydrogen (secondary N) is 1. The first-order valence-corrected chi connectivity index (χ1v) is 9.17. The Labute approximate surface area is 143 Å². The summed E-state index contributed by atoms with van der Waals surface area (Å²) in [6.45, 7) is 1.90. The fraction of sp³-hybridized carbons (Fsp3) is 0.133. The standard InChI is InChI=1S/C15H14BrClN2O2S/c1-2-15(11-4-3-5-13(17)10-11)18-19-22(20,21)14-8-6-12(16)7-9-14/h3-10,19H,2H2,1H3/b18-15+. The van der Waals surface area contributed by atoms with Gasteiger partial charge in [-0.05, 0) is 48.4 Å². The molecule has 0 aliphatic heterocycles. The maximum atomic E-state index is 12.2. The van der Waals surface area contributed by atoms with Crippen LogP contribution in [0.5, 0.6) is 0 Å². The lowest BCUT2D eigenvalue weighted by molar-refractivity contribution is 0.584. The van der Waals surface area contributed by atoms with Crippen molar-refractivity contribution < 1.29 is 8.42 Å². The van der Waals surface area contributed by atoms with Gasteiger partial charge in [0.2, 0.25) is 0 Å². The number of sulfonamides is 1. The highest BCUT2D eigenvalue weighted by molar-refractivity contribution is 9.10. The lowest BCUT2D eigenvalue weighted by atomic mass is 10.1. The molecule has 0 fully saturated rings. The minimum absolute atomic E-state index is 0.154. The second-order valence-corrected chi connectivity index (χ2v) is 7.48. The molecule has 4 nitrogen and oxygen atoms in total. The fourth-order valence-electron chi connectivity index (χ4n) is 1.80. The minimum atomic E-state index is -3.69. The molecule has 0 bridgehead atoms. The highest BCUT2D eigenvalue weighted by atomic mass is 79.9. The highest BCUT2D eigenvalue weighted by Crippen LogP contribution is 2.15. The molecule has 22 heavy (non-hydrogen) atoms. The van der Waals surface area contributed by atoms with Crippen molar-refractivity contribution in [3.63, 3.8) is 0 Å². The summed E-state index contributed by atoms with van der Waals surface area (Å²) < 4.78 is 25.2. The van der Waals surface area contributed by atoms with E-state index in [-0.39, 0.29) is 4.90 Å². The van der Waals surface area contributed by atoms with Crippen LogP contribution in [0.4, 0.5) is 0 Å². The van der Waals surface area contributed by atoms with Crippen LogP contribution in [-0.2, 0) is 10.0 Å². The molecule has 116 valence electrons. The Morgan fingerprint density at radius 2 is 1.91 bits per heavy atom. The average Bonchev–Trinajstić information content (AvgIpc) is 2.48. The first-order valence-electron chi connectivity index (χ1n) is 6.52. The van der Waals surface area contributed by atoms with Gasteiger partial charge in [0.15, 0.2) is 0 Å². The molecule has 0 heterocycles. The molecular formula is C15H14BrClN2O2S. The van der Waals surface area contributed by atoms with Crippen LogP contribution in [0, 0.1) is 0 Å². The van der Waals surface area contributed by atoms with Gasteiger partial charge in [-0.3, -0.25) is 0 Å². The van der Waals surface area contributed by atoms with Crippen LogP contribution in [0.3, 0.4) is 0 Å². The molecule has 0 spiro atoms. The summed E-state index contributed by atoms with van der Waals surface area (Å²) in [6.07, 6.45) is 0.573. The van der Waals surface area contributed by atoms with Gasteiger partial charge in [0.1, 0.15) is 0 Å². The Morgan fingerprint density at radius 1 is 1.23 bits per heavy atom. The molecule has 0 unspecified atom stereocenters. The Kier molecular flexibility index (Phi) is 5.61. The van der Waals surface area contributed by atoms with Crippen LogP contribution in [0.2, 0.25) is 5.02 Å². The predicted molar refractivity (Wildman–Crippen MR) is 92.7 cm³/mol. The maximum absolute atomic E-state index is 12.2. The van der Waals surface area contributed by atoms with Gasteiger partial charge in [0, 0.05) is 9.50 Å². The van der Waals surface area contributed by atoms with Crippen molar-refractivity contribution in [2.45, 2.75) is 18.2 Å². The number of hydrogen-bond donors (Lipinski definition) is 1. The van der Waals surface area contributed by atoms with E-state index in [2.05, 4.69) is 25.9 Å². The summed E-state index contributed by atoms with van der Waals surface area (Å²) >= 11 is 9.22. The van der Waals surface area contributed by atoms with Crippen LogP contribution in [0.25, 0.3) is 0 Å². The largest absolute Gasteiger partial charge is 0.276 e. The molecule has 0 amide bonds. The summed E-state index contributed by atoms with van der Waals surface area (Å²) in [5.74, 6) is 0. The SMILES string of the molecule is CC/C(=N\NS(=O)(=O)c1ccc(Br)cc1)c1cccc(Cl)c1. The van der Waals surface area contributed by atoms with Crippen molar-refractivity contribution in [1.82, 2.24) is 4.83 Å². The maximum Gasteiger partial charge on any atom is 0.276 e. The predicted octanol–water partition coefficient (Wildman–Crippen LogP) is 4.20. The second-order valence-electron chi connectivity index (χ2n) is 4.47. The van der Waals surface area contributed by atoms with Crippen molar-refractivity contribution in [2.75, 3.05) is 0 Å². The Bertz CT molecular complexity index is 789. The summed E-state index contributed by atoms with van der Waals surface area (Å²) in [7, 11) is -3.69. The summed E-state index contributed by atoms with van der Waals surface area (Å²) in [5.41, 5.74) is 1.40. The van der Waals surface area contributed by atoms with E-state index < -0.39 is 10.0 Å². The van der Waals surface area contributed by atoms with E-state index in [1.807, 2.05) is 13.0 Å². The molecule has 2 rings (SSSR count). The van der Waals surface area contributed by atoms with Gasteiger partial charge in [-0.15, -0.1) is 0 Å². The molecule has 1 N–H and O–H groups in total. The van der Waals surface area contributed by atoms with Gasteiger partial charge in [-0.1, -0.05) is 46.6 Å². The molecule has 0 radical (unpaired) electrons. The van der Waals surface area contributed by atoms with E-state index in [0.717, 1.165) is 10.0 Å². The van der Waals surface area contributed by atoms with Crippen LogP contribution in [0.1, 0.15) is 18.9 Å². The van der Waals surface area contributed by atoms with Crippen molar-refractivity contribution >= 4 is 43.3 Å². The van der Waals surface area contributed by atoms with Gasteiger partial charge >= 0.3 is 0 Å². The van der Waals surface area contributed by atoms with Crippen molar-refractivity contribution in [2.24, 2.45) is 5.10 Å². The van der Waals surface area contributed by atoms with Crippen molar-refractivity contribution in [1.29, 1.82) is 0 Å². The van der Waals surface area contributed by atoms with E-state index >= 15 is 0 Å². The smallest absolute Gasteiger partial charge is 0.200 e. The molecule has 0 atom stereocenters. The van der Waals surface area contributed by atoms with E-state index in [1.54, 1.807) is 30.3 Å². The van der Waals surface area contributed by atoms with Crippen LogP contribution in [0.15, 0.2) is 63.0 Å². The normalized spacial score (nSPS) is 12.2. The van der Waals surface area contributed by atoms with E-state index in [0.29, 0.717) is 17.2 Å². The molecule has 0 aliphatic carbocycles. The third kappa shape index (κ3) is 4.32. The summed E-state index contributed by atoms with van der Waals surface area (Å²) in [5, 5.41) is 4.61. The third-order valence-corrected chi connectivity index (χ3v) is 4.91. The molecule has 0 aromatic heterocycles. The zero-order valence-electron chi connectivity index (χ0n) is 11.8. The number of hydrazone groups is 1. The number of rotatable bonds is 5. The van der Waals surface area contributed by atoms with Crippen LogP contribution < -0.4 is 4.83 Å². The highest BCUT2D eigenvalue weighted by Gasteiger charge is 2.13. The fourth-order valence-corrected chi connectivity index (χ4v) is 3.08. The van der Waals surface area contributed by atoms with Gasteiger partial charge in [-0.2, -0.15) is 18.4 Å². The van der Waals surface area contributed by atoms with E-state index in [1.165, 1.54) is 12.1 Å². The molecular weight excluding hydrogens is 388 g/mol. The molecule has 0 aliphatic rings. The summed E-state index contributed by atoms with van der Waals surface area (Å²) in [4.78, 5) is 2.42. The zero-order valence-corrected chi connectivity index (χ0v) is 14.9. The van der Waals surface area contributed by atoms with Gasteiger partial charge in [0.05, 0.1) is 10.6 Å². The second kappa shape index (κ2) is 7.26. The lowest BCUT2D eigenvalue weighted by Gasteiger charge is -2.07. The first-order chi connectivity index (χ1) is 10.4. The topological polar surface area (TPSA) is 58.5 Å². The van der Waals surface area contributed by atoms with E-state index in [9.17, 15) is 8.42 Å². The number of hydrogen-bond acceptors (Lipinski definition) is 3. The summed E-state index contributed by atoms with van der Waals surface area (Å²) in [6, 6.07) is 13.5. The number of nitrogens with zero attached hydrogens (tertiary/aromatic N) is 1. The minimum Gasteiger partial charge on any atom is -0.200 e. The Hall–Kier alpha value is -1.37. The van der Waals surface area contributed by atoms with Gasteiger partial charge < -0.3 is 0 Å². The monoisotopic (exact) mass is 400 g/mol. The van der Waals surface area contributed by atoms with Crippen LogP contribution in [-0.4, -0.2) is 14.1 Å². The molecule has 0 saturated heterocycles. The molecule has 2 aromatic rings. The van der Waals surface area contributed by atoms with Gasteiger partial charge in [-0.25, -0.2) is 0 Å². The number of benzene rings is 2. The zero-order chi connectivity index (χ0) is 16.2. The number of halogens is 2. The van der Waals surface area contributed by atoms with Crippen molar-refractivity contribution in [3.05, 3.63) is 63.6 Å². The molecule has 2 aromatic carbocycles. The average molecular weight is 402 g/mol. The lowest BCUT2D eigenvalue weighted by Crippen LogP contribution is -2.20. The Morgan fingerprint density at radius 3 is 2.50 bits per heavy atom. The Balaban J connectivity index is 2.26. The van der Waals surface area contributed by atoms with Gasteiger partial charge in [0.25, 0.3) is 10.0 Å². The van der Waals surface area contributed by atoms with E-state index in [4.69, 9.17) is 11.6 Å². The van der Waals surface area contributed by atoms with Crippen molar-refractivity contribution in [3.8, 4) is 0 Å². The quantitative estimate of drug-likeness (QED) is 0.603. The molecule has 7 heteroatoms. The first kappa shape index (κ1) is 17.0.